The zero-order valence-electron chi connectivity index (χ0n) is 13.9. The molecule has 1 aliphatic rings. The van der Waals surface area contributed by atoms with Crippen LogP contribution >= 0.6 is 11.6 Å². The van der Waals surface area contributed by atoms with E-state index >= 15 is 0 Å². The van der Waals surface area contributed by atoms with Crippen LogP contribution in [0.2, 0.25) is 5.02 Å². The fraction of sp³-hybridized carbons (Fsp3) is 0.368. The van der Waals surface area contributed by atoms with Crippen molar-refractivity contribution in [3.63, 3.8) is 0 Å². The third-order valence-electron chi connectivity index (χ3n) is 4.63. The first-order chi connectivity index (χ1) is 11.9. The number of hydrogen-bond donors (Lipinski definition) is 1. The average molecular weight is 369 g/mol. The van der Waals surface area contributed by atoms with Crippen LogP contribution in [0.25, 0.3) is 0 Å². The number of alkyl halides is 3. The fourth-order valence-electron chi connectivity index (χ4n) is 3.22. The molecule has 0 spiro atoms. The summed E-state index contributed by atoms with van der Waals surface area (Å²) in [7, 11) is 0. The van der Waals surface area contributed by atoms with Crippen molar-refractivity contribution in [2.45, 2.75) is 32.1 Å². The zero-order valence-corrected chi connectivity index (χ0v) is 14.7. The molecule has 0 radical (unpaired) electrons. The Hall–Kier alpha value is -1.72. The third kappa shape index (κ3) is 4.10. The van der Waals surface area contributed by atoms with Gasteiger partial charge in [0.25, 0.3) is 0 Å². The Bertz CT molecular complexity index is 740. The number of halogens is 4. The van der Waals surface area contributed by atoms with Crippen LogP contribution in [0.1, 0.15) is 23.1 Å². The van der Waals surface area contributed by atoms with Crippen LogP contribution in [0.4, 0.5) is 18.9 Å². The summed E-state index contributed by atoms with van der Waals surface area (Å²) in [6.07, 6.45) is -3.47. The lowest BCUT2D eigenvalue weighted by Crippen LogP contribution is -2.37. The van der Waals surface area contributed by atoms with E-state index in [1.807, 2.05) is 30.0 Å². The van der Waals surface area contributed by atoms with Crippen LogP contribution < -0.4 is 10.2 Å². The van der Waals surface area contributed by atoms with Gasteiger partial charge in [-0.05, 0) is 49.2 Å². The number of hydrogen-bond acceptors (Lipinski definition) is 2. The van der Waals surface area contributed by atoms with E-state index < -0.39 is 11.7 Å². The molecule has 1 heterocycles. The van der Waals surface area contributed by atoms with Gasteiger partial charge in [0, 0.05) is 29.8 Å². The van der Waals surface area contributed by atoms with Gasteiger partial charge >= 0.3 is 6.18 Å². The van der Waals surface area contributed by atoms with Gasteiger partial charge in [0.1, 0.15) is 0 Å². The van der Waals surface area contributed by atoms with E-state index in [2.05, 4.69) is 5.32 Å². The molecule has 3 rings (SSSR count). The summed E-state index contributed by atoms with van der Waals surface area (Å²) >= 11 is 6.25. The maximum Gasteiger partial charge on any atom is 0.416 e. The molecule has 0 aromatic heterocycles. The molecule has 2 aromatic carbocycles. The van der Waals surface area contributed by atoms with Crippen molar-refractivity contribution in [1.29, 1.82) is 0 Å². The summed E-state index contributed by atoms with van der Waals surface area (Å²) in [5, 5.41) is 3.91. The molecule has 1 aliphatic heterocycles. The Morgan fingerprint density at radius 3 is 2.60 bits per heavy atom. The second kappa shape index (κ2) is 7.26. The Morgan fingerprint density at radius 1 is 1.20 bits per heavy atom. The Balaban J connectivity index is 1.98. The van der Waals surface area contributed by atoms with Gasteiger partial charge in [-0.3, -0.25) is 0 Å². The average Bonchev–Trinajstić information content (AvgIpc) is 3.09. The first-order valence-corrected chi connectivity index (χ1v) is 8.62. The quantitative estimate of drug-likeness (QED) is 0.813. The number of nitrogens with zero attached hydrogens (tertiary/aromatic N) is 1. The summed E-state index contributed by atoms with van der Waals surface area (Å²) in [6, 6.07) is 11.6. The van der Waals surface area contributed by atoms with E-state index in [0.29, 0.717) is 5.02 Å². The van der Waals surface area contributed by atoms with Gasteiger partial charge in [0.15, 0.2) is 0 Å². The SMILES string of the molecule is Cc1ccc(N(Cc2ccccc2C(F)(F)F)C2CCNC2)cc1Cl. The maximum absolute atomic E-state index is 13.3. The number of rotatable bonds is 4. The Kier molecular flexibility index (Phi) is 5.25. The molecular weight excluding hydrogens is 349 g/mol. The summed E-state index contributed by atoms with van der Waals surface area (Å²) in [5.41, 5.74) is 1.50. The van der Waals surface area contributed by atoms with Crippen molar-refractivity contribution in [3.05, 3.63) is 64.2 Å². The van der Waals surface area contributed by atoms with E-state index in [-0.39, 0.29) is 18.2 Å². The van der Waals surface area contributed by atoms with E-state index in [4.69, 9.17) is 11.6 Å². The van der Waals surface area contributed by atoms with Gasteiger partial charge in [-0.1, -0.05) is 35.9 Å². The van der Waals surface area contributed by atoms with Crippen LogP contribution in [-0.2, 0) is 12.7 Å². The minimum atomic E-state index is -4.36. The van der Waals surface area contributed by atoms with E-state index in [0.717, 1.165) is 36.8 Å². The van der Waals surface area contributed by atoms with Gasteiger partial charge in [-0.2, -0.15) is 13.2 Å². The standard InChI is InChI=1S/C19H20ClF3N2/c1-13-6-7-15(10-18(13)20)25(16-8-9-24-11-16)12-14-4-2-3-5-17(14)19(21,22)23/h2-7,10,16,24H,8-9,11-12H2,1H3. The largest absolute Gasteiger partial charge is 0.416 e. The highest BCUT2D eigenvalue weighted by Crippen LogP contribution is 2.34. The van der Waals surface area contributed by atoms with Crippen LogP contribution in [0.3, 0.4) is 0 Å². The predicted molar refractivity (Wildman–Crippen MR) is 95.1 cm³/mol. The topological polar surface area (TPSA) is 15.3 Å². The van der Waals surface area contributed by atoms with Gasteiger partial charge in [0.05, 0.1) is 5.56 Å². The molecular formula is C19H20ClF3N2. The van der Waals surface area contributed by atoms with E-state index in [9.17, 15) is 13.2 Å². The molecule has 2 aromatic rings. The molecule has 1 N–H and O–H groups in total. The lowest BCUT2D eigenvalue weighted by atomic mass is 10.0. The molecule has 2 nitrogen and oxygen atoms in total. The second-order valence-corrected chi connectivity index (χ2v) is 6.77. The second-order valence-electron chi connectivity index (χ2n) is 6.36. The summed E-state index contributed by atoms with van der Waals surface area (Å²) in [4.78, 5) is 2.02. The van der Waals surface area contributed by atoms with Crippen molar-refractivity contribution in [3.8, 4) is 0 Å². The minimum Gasteiger partial charge on any atom is -0.363 e. The highest BCUT2D eigenvalue weighted by atomic mass is 35.5. The smallest absolute Gasteiger partial charge is 0.363 e. The minimum absolute atomic E-state index is 0.139. The molecule has 1 unspecified atom stereocenters. The van der Waals surface area contributed by atoms with E-state index in [1.165, 1.54) is 6.07 Å². The van der Waals surface area contributed by atoms with E-state index in [1.54, 1.807) is 12.1 Å². The Morgan fingerprint density at radius 2 is 1.96 bits per heavy atom. The van der Waals surface area contributed by atoms with Gasteiger partial charge in [-0.25, -0.2) is 0 Å². The monoisotopic (exact) mass is 368 g/mol. The van der Waals surface area contributed by atoms with Crippen LogP contribution in [0, 0.1) is 6.92 Å². The number of nitrogens with one attached hydrogen (secondary N) is 1. The summed E-state index contributed by atoms with van der Waals surface area (Å²) in [6.45, 7) is 3.72. The molecule has 0 amide bonds. The fourth-order valence-corrected chi connectivity index (χ4v) is 3.39. The molecule has 134 valence electrons. The number of anilines is 1. The molecule has 0 bridgehead atoms. The summed E-state index contributed by atoms with van der Waals surface area (Å²) < 4.78 is 40.0. The Labute approximate surface area is 150 Å². The highest BCUT2D eigenvalue weighted by Gasteiger charge is 2.34. The molecule has 0 aliphatic carbocycles. The van der Waals surface area contributed by atoms with Gasteiger partial charge < -0.3 is 10.2 Å². The molecule has 1 saturated heterocycles. The third-order valence-corrected chi connectivity index (χ3v) is 5.03. The first kappa shape index (κ1) is 18.1. The van der Waals surface area contributed by atoms with Gasteiger partial charge in [-0.15, -0.1) is 0 Å². The van der Waals surface area contributed by atoms with Crippen molar-refractivity contribution in [2.75, 3.05) is 18.0 Å². The molecule has 6 heteroatoms. The van der Waals surface area contributed by atoms with Crippen LogP contribution in [0.15, 0.2) is 42.5 Å². The predicted octanol–water partition coefficient (Wildman–Crippen LogP) is 5.04. The van der Waals surface area contributed by atoms with Gasteiger partial charge in [0.2, 0.25) is 0 Å². The lowest BCUT2D eigenvalue weighted by Gasteiger charge is -2.32. The van der Waals surface area contributed by atoms with Crippen LogP contribution in [-0.4, -0.2) is 19.1 Å². The first-order valence-electron chi connectivity index (χ1n) is 8.25. The molecule has 1 atom stereocenters. The number of benzene rings is 2. The normalized spacial score (nSPS) is 17.7. The summed E-state index contributed by atoms with van der Waals surface area (Å²) in [5.74, 6) is 0. The van der Waals surface area contributed by atoms with Crippen molar-refractivity contribution in [2.24, 2.45) is 0 Å². The van der Waals surface area contributed by atoms with Crippen molar-refractivity contribution < 1.29 is 13.2 Å². The maximum atomic E-state index is 13.3. The molecule has 1 fully saturated rings. The molecule has 0 saturated carbocycles. The molecule has 25 heavy (non-hydrogen) atoms. The number of aryl methyl sites for hydroxylation is 1. The van der Waals surface area contributed by atoms with Crippen LogP contribution in [0.5, 0.6) is 0 Å². The van der Waals surface area contributed by atoms with Crippen molar-refractivity contribution >= 4 is 17.3 Å². The van der Waals surface area contributed by atoms with Crippen molar-refractivity contribution in [1.82, 2.24) is 5.32 Å². The lowest BCUT2D eigenvalue weighted by molar-refractivity contribution is -0.138. The zero-order chi connectivity index (χ0) is 18.0. The highest BCUT2D eigenvalue weighted by molar-refractivity contribution is 6.31.